The molecular weight excluding hydrogens is 386 g/mol. The molecule has 0 saturated carbocycles. The van der Waals surface area contributed by atoms with Crippen LogP contribution in [0.3, 0.4) is 0 Å². The molecule has 1 aromatic heterocycles. The second-order valence-electron chi connectivity index (χ2n) is 5.65. The fourth-order valence-corrected chi connectivity index (χ4v) is 5.58. The highest BCUT2D eigenvalue weighted by Gasteiger charge is 2.27. The van der Waals surface area contributed by atoms with Gasteiger partial charge in [-0.05, 0) is 37.0 Å². The Morgan fingerprint density at radius 2 is 2.28 bits per heavy atom. The van der Waals surface area contributed by atoms with Crippen LogP contribution in [0.4, 0.5) is 5.69 Å². The van der Waals surface area contributed by atoms with Gasteiger partial charge in [0.15, 0.2) is 4.34 Å². The first kappa shape index (κ1) is 18.0. The predicted molar refractivity (Wildman–Crippen MR) is 97.7 cm³/mol. The monoisotopic (exact) mass is 399 g/mol. The molecule has 0 aromatic carbocycles. The third-order valence-electron chi connectivity index (χ3n) is 3.76. The first-order valence-corrected chi connectivity index (χ1v) is 10.0. The number of aliphatic imine (C=N–C) groups is 1. The smallest absolute Gasteiger partial charge is 0.258 e. The molecule has 1 aliphatic carbocycles. The first-order chi connectivity index (χ1) is 11.8. The Hall–Kier alpha value is -1.81. The summed E-state index contributed by atoms with van der Waals surface area (Å²) >= 11 is 6.41. The molecule has 0 fully saturated rings. The average molecular weight is 400 g/mol. The minimum atomic E-state index is -3.88. The lowest BCUT2D eigenvalue weighted by Crippen LogP contribution is -2.32. The van der Waals surface area contributed by atoms with E-state index in [0.717, 1.165) is 29.3 Å². The maximum atomic E-state index is 12.4. The van der Waals surface area contributed by atoms with Crippen LogP contribution in [-0.2, 0) is 10.0 Å². The molecule has 7 nitrogen and oxygen atoms in total. The van der Waals surface area contributed by atoms with Crippen LogP contribution < -0.4 is 4.72 Å². The molecule has 0 amide bonds. The molecule has 2 heterocycles. The van der Waals surface area contributed by atoms with Crippen LogP contribution in [0.1, 0.15) is 19.8 Å². The van der Waals surface area contributed by atoms with Crippen molar-refractivity contribution < 1.29 is 13.3 Å². The van der Waals surface area contributed by atoms with Crippen LogP contribution in [0.25, 0.3) is 0 Å². The van der Waals surface area contributed by atoms with Crippen LogP contribution in [-0.4, -0.2) is 25.6 Å². The molecule has 1 aliphatic heterocycles. The summed E-state index contributed by atoms with van der Waals surface area (Å²) in [6.07, 6.45) is 8.89. The number of fused-ring (bicyclic) bond motifs is 1. The predicted octanol–water partition coefficient (Wildman–Crippen LogP) is 3.59. The van der Waals surface area contributed by atoms with E-state index in [9.17, 15) is 18.5 Å². The molecule has 1 aromatic rings. The van der Waals surface area contributed by atoms with Gasteiger partial charge >= 0.3 is 0 Å². The van der Waals surface area contributed by atoms with Crippen molar-refractivity contribution in [1.82, 2.24) is 4.72 Å². The number of nitro groups is 1. The van der Waals surface area contributed by atoms with Gasteiger partial charge in [-0.3, -0.25) is 15.1 Å². The second-order valence-corrected chi connectivity index (χ2v) is 9.25. The summed E-state index contributed by atoms with van der Waals surface area (Å²) in [4.78, 5) is 14.5. The second kappa shape index (κ2) is 6.83. The number of hydrogen-bond donors (Lipinski definition) is 1. The lowest BCUT2D eigenvalue weighted by molar-refractivity contribution is -0.384. The quantitative estimate of drug-likeness (QED) is 0.583. The summed E-state index contributed by atoms with van der Waals surface area (Å²) in [5.74, 6) is 0. The van der Waals surface area contributed by atoms with Crippen molar-refractivity contribution in [3.8, 4) is 0 Å². The molecule has 25 heavy (non-hydrogen) atoms. The molecule has 0 saturated heterocycles. The van der Waals surface area contributed by atoms with E-state index in [1.807, 2.05) is 18.2 Å². The van der Waals surface area contributed by atoms with Gasteiger partial charge in [-0.15, -0.1) is 11.3 Å². The third kappa shape index (κ3) is 3.74. The summed E-state index contributed by atoms with van der Waals surface area (Å²) in [5.41, 5.74) is 2.59. The number of hydrogen-bond acceptors (Lipinski definition) is 6. The number of thiophene rings is 1. The van der Waals surface area contributed by atoms with Crippen LogP contribution in [0, 0.1) is 10.1 Å². The van der Waals surface area contributed by atoms with Crippen molar-refractivity contribution in [3.05, 3.63) is 55.6 Å². The molecule has 1 atom stereocenters. The Morgan fingerprint density at radius 3 is 2.96 bits per heavy atom. The van der Waals surface area contributed by atoms with E-state index in [-0.39, 0.29) is 8.55 Å². The molecule has 0 bridgehead atoms. The summed E-state index contributed by atoms with van der Waals surface area (Å²) in [7, 11) is -3.88. The molecule has 0 radical (unpaired) electrons. The Morgan fingerprint density at radius 1 is 1.52 bits per heavy atom. The van der Waals surface area contributed by atoms with Gasteiger partial charge in [-0.2, -0.15) is 0 Å². The van der Waals surface area contributed by atoms with Gasteiger partial charge in [0.25, 0.3) is 15.7 Å². The minimum absolute atomic E-state index is 0.158. The fourth-order valence-electron chi connectivity index (χ4n) is 2.66. The maximum Gasteiger partial charge on any atom is 0.300 e. The molecule has 0 spiro atoms. The SMILES string of the molecule is CC(CC1=C2CC=CC=C2N=C1)NS(=O)(=O)c1cc([N+](=O)[O-])c(Cl)s1. The largest absolute Gasteiger partial charge is 0.300 e. The number of sulfonamides is 1. The molecule has 1 N–H and O–H groups in total. The average Bonchev–Trinajstić information content (AvgIpc) is 3.11. The molecular formula is C15H14ClN3O4S2. The van der Waals surface area contributed by atoms with Crippen molar-refractivity contribution in [2.45, 2.75) is 30.0 Å². The lowest BCUT2D eigenvalue weighted by Gasteiger charge is -2.15. The summed E-state index contributed by atoms with van der Waals surface area (Å²) < 4.78 is 27.1. The highest BCUT2D eigenvalue weighted by atomic mass is 35.5. The zero-order valence-electron chi connectivity index (χ0n) is 13.1. The van der Waals surface area contributed by atoms with Crippen LogP contribution in [0.15, 0.2) is 50.3 Å². The Balaban J connectivity index is 1.74. The van der Waals surface area contributed by atoms with E-state index in [2.05, 4.69) is 9.71 Å². The van der Waals surface area contributed by atoms with E-state index in [1.165, 1.54) is 0 Å². The Kier molecular flexibility index (Phi) is 4.92. The van der Waals surface area contributed by atoms with E-state index >= 15 is 0 Å². The molecule has 10 heteroatoms. The zero-order valence-corrected chi connectivity index (χ0v) is 15.5. The van der Waals surface area contributed by atoms with Crippen molar-refractivity contribution in [1.29, 1.82) is 0 Å². The highest BCUT2D eigenvalue weighted by molar-refractivity contribution is 7.91. The summed E-state index contributed by atoms with van der Waals surface area (Å²) in [6.45, 7) is 1.74. The van der Waals surface area contributed by atoms with Gasteiger partial charge in [-0.25, -0.2) is 13.1 Å². The lowest BCUT2D eigenvalue weighted by atomic mass is 9.97. The summed E-state index contributed by atoms with van der Waals surface area (Å²) in [6, 6.07) is 0.581. The van der Waals surface area contributed by atoms with Gasteiger partial charge < -0.3 is 0 Å². The number of nitrogens with one attached hydrogen (secondary N) is 1. The van der Waals surface area contributed by atoms with E-state index < -0.39 is 26.7 Å². The van der Waals surface area contributed by atoms with Gasteiger partial charge in [0, 0.05) is 18.3 Å². The Labute approximate surface area is 153 Å². The molecule has 3 rings (SSSR count). The number of halogens is 1. The molecule has 1 unspecified atom stereocenters. The zero-order chi connectivity index (χ0) is 18.2. The van der Waals surface area contributed by atoms with Crippen LogP contribution >= 0.6 is 22.9 Å². The molecule has 132 valence electrons. The fraction of sp³-hybridized carbons (Fsp3) is 0.267. The van der Waals surface area contributed by atoms with Crippen LogP contribution in [0.5, 0.6) is 0 Å². The van der Waals surface area contributed by atoms with Gasteiger partial charge in [0.2, 0.25) is 0 Å². The van der Waals surface area contributed by atoms with Gasteiger partial charge in [0.05, 0.1) is 10.6 Å². The van der Waals surface area contributed by atoms with Crippen molar-refractivity contribution >= 4 is 44.9 Å². The molecule has 2 aliphatic rings. The van der Waals surface area contributed by atoms with Crippen LogP contribution in [0.2, 0.25) is 4.34 Å². The minimum Gasteiger partial charge on any atom is -0.258 e. The maximum absolute atomic E-state index is 12.4. The summed E-state index contributed by atoms with van der Waals surface area (Å²) in [5, 5.41) is 10.8. The highest BCUT2D eigenvalue weighted by Crippen LogP contribution is 2.36. The number of nitrogens with zero attached hydrogens (tertiary/aromatic N) is 2. The van der Waals surface area contributed by atoms with Gasteiger partial charge in [0.1, 0.15) is 4.21 Å². The van der Waals surface area contributed by atoms with E-state index in [4.69, 9.17) is 11.6 Å². The first-order valence-electron chi connectivity index (χ1n) is 7.37. The topological polar surface area (TPSA) is 102 Å². The number of allylic oxidation sites excluding steroid dienone is 4. The van der Waals surface area contributed by atoms with Crippen molar-refractivity contribution in [2.24, 2.45) is 4.99 Å². The third-order valence-corrected chi connectivity index (χ3v) is 7.16. The Bertz CT molecular complexity index is 957. The normalized spacial score (nSPS) is 17.6. The van der Waals surface area contributed by atoms with Crippen molar-refractivity contribution in [3.63, 3.8) is 0 Å². The van der Waals surface area contributed by atoms with Gasteiger partial charge in [-0.1, -0.05) is 23.8 Å². The standard InChI is InChI=1S/C15H14ClN3O4S2/c1-9(6-10-8-17-12-5-3-2-4-11(10)12)18-25(22,23)14-7-13(19(20)21)15(16)24-14/h2-3,5,7-9,18H,4,6H2,1H3. The van der Waals surface area contributed by atoms with E-state index in [1.54, 1.807) is 13.1 Å². The van der Waals surface area contributed by atoms with E-state index in [0.29, 0.717) is 17.8 Å². The van der Waals surface area contributed by atoms with Crippen molar-refractivity contribution in [2.75, 3.05) is 0 Å². The number of rotatable bonds is 6.